The van der Waals surface area contributed by atoms with Crippen molar-refractivity contribution >= 4 is 5.69 Å². The lowest BCUT2D eigenvalue weighted by Crippen LogP contribution is -2.41. The molecule has 0 heterocycles. The summed E-state index contributed by atoms with van der Waals surface area (Å²) in [5.41, 5.74) is 1.70. The fourth-order valence-electron chi connectivity index (χ4n) is 2.81. The summed E-state index contributed by atoms with van der Waals surface area (Å²) in [5.74, 6) is -1.26. The van der Waals surface area contributed by atoms with Crippen LogP contribution in [0.15, 0.2) is 24.3 Å². The maximum atomic E-state index is 13.0. The number of hydrogen-bond donors (Lipinski definition) is 2. The van der Waals surface area contributed by atoms with Crippen molar-refractivity contribution in [3.05, 3.63) is 29.8 Å². The molecular weight excluding hydrogens is 267 g/mol. The molecule has 0 bridgehead atoms. The van der Waals surface area contributed by atoms with Crippen molar-refractivity contribution in [3.63, 3.8) is 0 Å². The summed E-state index contributed by atoms with van der Waals surface area (Å²) < 4.78 is 39.0. The number of aliphatic hydroxyl groups is 1. The molecule has 2 unspecified atom stereocenters. The standard InChI is InChI=1S/C15H20F3NO/c16-15(17,18)13-3-1-2-4-14(13)19-12-7-5-11(6-8-12)9-10-20/h5-8,13-14,19-20H,1-4,9-10H2. The van der Waals surface area contributed by atoms with Crippen LogP contribution in [0.1, 0.15) is 31.2 Å². The number of rotatable bonds is 4. The zero-order valence-corrected chi connectivity index (χ0v) is 11.3. The highest BCUT2D eigenvalue weighted by Gasteiger charge is 2.45. The van der Waals surface area contributed by atoms with Crippen molar-refractivity contribution < 1.29 is 18.3 Å². The van der Waals surface area contributed by atoms with E-state index in [4.69, 9.17) is 5.11 Å². The van der Waals surface area contributed by atoms with Crippen LogP contribution in [-0.2, 0) is 6.42 Å². The molecule has 0 saturated heterocycles. The van der Waals surface area contributed by atoms with Gasteiger partial charge in [0.2, 0.25) is 0 Å². The fraction of sp³-hybridized carbons (Fsp3) is 0.600. The van der Waals surface area contributed by atoms with Crippen LogP contribution in [0.3, 0.4) is 0 Å². The minimum Gasteiger partial charge on any atom is -0.396 e. The summed E-state index contributed by atoms with van der Waals surface area (Å²) in [6.45, 7) is 0.0749. The van der Waals surface area contributed by atoms with Gasteiger partial charge in [-0.15, -0.1) is 0 Å². The van der Waals surface area contributed by atoms with E-state index in [1.807, 2.05) is 12.1 Å². The smallest absolute Gasteiger partial charge is 0.393 e. The summed E-state index contributed by atoms with van der Waals surface area (Å²) in [5, 5.41) is 11.9. The predicted molar refractivity (Wildman–Crippen MR) is 72.7 cm³/mol. The number of alkyl halides is 3. The maximum Gasteiger partial charge on any atom is 0.393 e. The zero-order valence-electron chi connectivity index (χ0n) is 11.3. The number of benzene rings is 1. The second kappa shape index (κ2) is 6.48. The molecule has 5 heteroatoms. The van der Waals surface area contributed by atoms with Crippen molar-refractivity contribution in [1.29, 1.82) is 0 Å². The molecule has 2 rings (SSSR count). The average molecular weight is 287 g/mol. The van der Waals surface area contributed by atoms with Gasteiger partial charge >= 0.3 is 6.18 Å². The van der Waals surface area contributed by atoms with Crippen LogP contribution in [0.5, 0.6) is 0 Å². The molecular formula is C15H20F3NO. The Morgan fingerprint density at radius 2 is 1.75 bits per heavy atom. The van der Waals surface area contributed by atoms with Crippen LogP contribution < -0.4 is 5.32 Å². The van der Waals surface area contributed by atoms with Gasteiger partial charge in [-0.1, -0.05) is 25.0 Å². The Labute approximate surface area is 117 Å². The minimum atomic E-state index is -4.13. The fourth-order valence-corrected chi connectivity index (χ4v) is 2.81. The average Bonchev–Trinajstić information content (AvgIpc) is 2.41. The predicted octanol–water partition coefficient (Wildman–Crippen LogP) is 3.75. The highest BCUT2D eigenvalue weighted by atomic mass is 19.4. The van der Waals surface area contributed by atoms with Gasteiger partial charge in [0.15, 0.2) is 0 Å². The molecule has 2 nitrogen and oxygen atoms in total. The summed E-state index contributed by atoms with van der Waals surface area (Å²) in [6.07, 6.45) is -1.30. The lowest BCUT2D eigenvalue weighted by atomic mass is 9.84. The molecule has 1 aliphatic carbocycles. The number of nitrogens with one attached hydrogen (secondary N) is 1. The van der Waals surface area contributed by atoms with Crippen molar-refractivity contribution in [3.8, 4) is 0 Å². The Morgan fingerprint density at radius 1 is 1.10 bits per heavy atom. The Morgan fingerprint density at radius 3 is 2.35 bits per heavy atom. The van der Waals surface area contributed by atoms with Crippen LogP contribution in [0.2, 0.25) is 0 Å². The first-order chi connectivity index (χ1) is 9.50. The van der Waals surface area contributed by atoms with Crippen LogP contribution >= 0.6 is 0 Å². The van der Waals surface area contributed by atoms with E-state index in [0.717, 1.165) is 12.0 Å². The van der Waals surface area contributed by atoms with Gasteiger partial charge < -0.3 is 10.4 Å². The molecule has 1 fully saturated rings. The van der Waals surface area contributed by atoms with E-state index >= 15 is 0 Å². The van der Waals surface area contributed by atoms with Crippen LogP contribution in [0, 0.1) is 5.92 Å². The number of halogens is 3. The van der Waals surface area contributed by atoms with E-state index in [1.165, 1.54) is 0 Å². The van der Waals surface area contributed by atoms with Crippen molar-refractivity contribution in [2.45, 2.75) is 44.3 Å². The molecule has 2 atom stereocenters. The van der Waals surface area contributed by atoms with Crippen molar-refractivity contribution in [1.82, 2.24) is 0 Å². The summed E-state index contributed by atoms with van der Waals surface area (Å²) in [7, 11) is 0. The van der Waals surface area contributed by atoms with E-state index in [9.17, 15) is 13.2 Å². The Hall–Kier alpha value is -1.23. The van der Waals surface area contributed by atoms with Crippen molar-refractivity contribution in [2.75, 3.05) is 11.9 Å². The number of anilines is 1. The first-order valence-electron chi connectivity index (χ1n) is 7.04. The third-order valence-corrected chi connectivity index (χ3v) is 3.89. The van der Waals surface area contributed by atoms with Crippen LogP contribution in [-0.4, -0.2) is 23.9 Å². The summed E-state index contributed by atoms with van der Waals surface area (Å²) >= 11 is 0. The monoisotopic (exact) mass is 287 g/mol. The van der Waals surface area contributed by atoms with E-state index in [0.29, 0.717) is 24.9 Å². The van der Waals surface area contributed by atoms with Gasteiger partial charge in [0.05, 0.1) is 5.92 Å². The van der Waals surface area contributed by atoms with Gasteiger partial charge in [-0.3, -0.25) is 0 Å². The molecule has 0 aliphatic heterocycles. The van der Waals surface area contributed by atoms with Crippen LogP contribution in [0.4, 0.5) is 18.9 Å². The molecule has 1 aromatic carbocycles. The van der Waals surface area contributed by atoms with Gasteiger partial charge in [0.1, 0.15) is 0 Å². The maximum absolute atomic E-state index is 13.0. The Bertz CT molecular complexity index is 416. The molecule has 1 saturated carbocycles. The zero-order chi connectivity index (χ0) is 14.6. The van der Waals surface area contributed by atoms with E-state index in [2.05, 4.69) is 5.32 Å². The molecule has 1 aromatic rings. The number of hydrogen-bond acceptors (Lipinski definition) is 2. The lowest BCUT2D eigenvalue weighted by Gasteiger charge is -2.34. The van der Waals surface area contributed by atoms with E-state index < -0.39 is 18.1 Å². The highest BCUT2D eigenvalue weighted by molar-refractivity contribution is 5.45. The first kappa shape index (κ1) is 15.2. The Balaban J connectivity index is 2.03. The normalized spacial score (nSPS) is 23.6. The quantitative estimate of drug-likeness (QED) is 0.884. The molecule has 112 valence electrons. The molecule has 2 N–H and O–H groups in total. The third kappa shape index (κ3) is 3.88. The van der Waals surface area contributed by atoms with E-state index in [-0.39, 0.29) is 13.0 Å². The van der Waals surface area contributed by atoms with Gasteiger partial charge in [-0.05, 0) is 37.0 Å². The van der Waals surface area contributed by atoms with E-state index in [1.54, 1.807) is 12.1 Å². The number of aliphatic hydroxyl groups excluding tert-OH is 1. The van der Waals surface area contributed by atoms with Crippen molar-refractivity contribution in [2.24, 2.45) is 5.92 Å². The minimum absolute atomic E-state index is 0.0749. The summed E-state index contributed by atoms with van der Waals surface area (Å²) in [4.78, 5) is 0. The highest BCUT2D eigenvalue weighted by Crippen LogP contribution is 2.39. The molecule has 0 amide bonds. The topological polar surface area (TPSA) is 32.3 Å². The largest absolute Gasteiger partial charge is 0.396 e. The SMILES string of the molecule is OCCc1ccc(NC2CCCCC2C(F)(F)F)cc1. The Kier molecular flexibility index (Phi) is 4.91. The van der Waals surface area contributed by atoms with Gasteiger partial charge in [-0.25, -0.2) is 0 Å². The second-order valence-electron chi connectivity index (χ2n) is 5.35. The first-order valence-corrected chi connectivity index (χ1v) is 7.04. The molecule has 0 spiro atoms. The second-order valence-corrected chi connectivity index (χ2v) is 5.35. The molecule has 0 radical (unpaired) electrons. The lowest BCUT2D eigenvalue weighted by molar-refractivity contribution is -0.184. The van der Waals surface area contributed by atoms with Crippen LogP contribution in [0.25, 0.3) is 0 Å². The third-order valence-electron chi connectivity index (χ3n) is 3.89. The van der Waals surface area contributed by atoms with Gasteiger partial charge in [0, 0.05) is 18.3 Å². The molecule has 0 aromatic heterocycles. The van der Waals surface area contributed by atoms with Gasteiger partial charge in [-0.2, -0.15) is 13.2 Å². The molecule has 1 aliphatic rings. The van der Waals surface area contributed by atoms with Gasteiger partial charge in [0.25, 0.3) is 0 Å². The molecule has 20 heavy (non-hydrogen) atoms. The summed E-state index contributed by atoms with van der Waals surface area (Å²) in [6, 6.07) is 6.71.